The SMILES string of the molecule is C=C[C@@H](C)c1c(NCc2ccccc2N2CCN(C)CC2)cnn(C)c1=O. The summed E-state index contributed by atoms with van der Waals surface area (Å²) in [5.74, 6) is -0.0397. The summed E-state index contributed by atoms with van der Waals surface area (Å²) < 4.78 is 1.37. The summed E-state index contributed by atoms with van der Waals surface area (Å²) in [7, 11) is 3.84. The number of rotatable bonds is 6. The maximum atomic E-state index is 12.5. The minimum Gasteiger partial charge on any atom is -0.379 e. The number of aryl methyl sites for hydroxylation is 1. The van der Waals surface area contributed by atoms with Gasteiger partial charge in [-0.15, -0.1) is 6.58 Å². The van der Waals surface area contributed by atoms with Crippen LogP contribution in [0.2, 0.25) is 0 Å². The highest BCUT2D eigenvalue weighted by molar-refractivity contribution is 5.57. The molecule has 2 heterocycles. The van der Waals surface area contributed by atoms with Gasteiger partial charge in [-0.2, -0.15) is 5.10 Å². The molecule has 0 aliphatic carbocycles. The maximum absolute atomic E-state index is 12.5. The normalized spacial score (nSPS) is 16.2. The van der Waals surface area contributed by atoms with E-state index in [1.807, 2.05) is 6.92 Å². The fourth-order valence-corrected chi connectivity index (χ4v) is 3.46. The largest absolute Gasteiger partial charge is 0.379 e. The van der Waals surface area contributed by atoms with E-state index in [1.54, 1.807) is 19.3 Å². The van der Waals surface area contributed by atoms with Gasteiger partial charge in [-0.25, -0.2) is 4.68 Å². The molecule has 0 bridgehead atoms. The summed E-state index contributed by atoms with van der Waals surface area (Å²) >= 11 is 0. The zero-order valence-corrected chi connectivity index (χ0v) is 16.5. The Kier molecular flexibility index (Phi) is 5.96. The number of hydrogen-bond donors (Lipinski definition) is 1. The molecule has 1 saturated heterocycles. The molecule has 1 fully saturated rings. The van der Waals surface area contributed by atoms with Crippen molar-refractivity contribution in [3.05, 3.63) is 64.6 Å². The Bertz CT molecular complexity index is 852. The Balaban J connectivity index is 1.83. The maximum Gasteiger partial charge on any atom is 0.272 e. The number of anilines is 2. The molecule has 6 nitrogen and oxygen atoms in total. The molecule has 27 heavy (non-hydrogen) atoms. The zero-order chi connectivity index (χ0) is 19.4. The summed E-state index contributed by atoms with van der Waals surface area (Å²) in [4.78, 5) is 17.3. The minimum atomic E-state index is -0.0836. The second-order valence-electron chi connectivity index (χ2n) is 7.20. The first-order chi connectivity index (χ1) is 13.0. The van der Waals surface area contributed by atoms with Gasteiger partial charge in [0.15, 0.2) is 0 Å². The lowest BCUT2D eigenvalue weighted by Crippen LogP contribution is -2.44. The highest BCUT2D eigenvalue weighted by Gasteiger charge is 2.18. The van der Waals surface area contributed by atoms with Crippen LogP contribution in [0.1, 0.15) is 24.0 Å². The average Bonchev–Trinajstić information content (AvgIpc) is 2.69. The Morgan fingerprint density at radius 1 is 1.22 bits per heavy atom. The van der Waals surface area contributed by atoms with E-state index in [4.69, 9.17) is 0 Å². The Morgan fingerprint density at radius 3 is 2.63 bits per heavy atom. The molecule has 1 aliphatic rings. The topological polar surface area (TPSA) is 53.4 Å². The van der Waals surface area contributed by atoms with E-state index in [1.165, 1.54) is 15.9 Å². The second kappa shape index (κ2) is 8.39. The summed E-state index contributed by atoms with van der Waals surface area (Å²) in [6.07, 6.45) is 3.52. The van der Waals surface area contributed by atoms with Crippen molar-refractivity contribution in [1.29, 1.82) is 0 Å². The van der Waals surface area contributed by atoms with Gasteiger partial charge in [0.2, 0.25) is 0 Å². The molecule has 3 rings (SSSR count). The van der Waals surface area contributed by atoms with Crippen LogP contribution in [-0.2, 0) is 13.6 Å². The molecule has 6 heteroatoms. The molecular weight excluding hydrogens is 338 g/mol. The molecule has 0 saturated carbocycles. The van der Waals surface area contributed by atoms with Crippen molar-refractivity contribution >= 4 is 11.4 Å². The summed E-state index contributed by atoms with van der Waals surface area (Å²) in [5.41, 5.74) is 3.88. The molecule has 0 spiro atoms. The third kappa shape index (κ3) is 4.22. The van der Waals surface area contributed by atoms with Crippen molar-refractivity contribution in [2.24, 2.45) is 7.05 Å². The summed E-state index contributed by atoms with van der Waals surface area (Å²) in [6.45, 7) is 10.7. The van der Waals surface area contributed by atoms with Gasteiger partial charge < -0.3 is 15.1 Å². The molecule has 1 aromatic carbocycles. The Labute approximate surface area is 161 Å². The minimum absolute atomic E-state index is 0.0397. The zero-order valence-electron chi connectivity index (χ0n) is 16.5. The number of hydrogen-bond acceptors (Lipinski definition) is 5. The third-order valence-corrected chi connectivity index (χ3v) is 5.29. The number of para-hydroxylation sites is 1. The van der Waals surface area contributed by atoms with Crippen LogP contribution in [0.4, 0.5) is 11.4 Å². The lowest BCUT2D eigenvalue weighted by molar-refractivity contribution is 0.312. The van der Waals surface area contributed by atoms with Crippen LogP contribution in [0.5, 0.6) is 0 Å². The van der Waals surface area contributed by atoms with E-state index >= 15 is 0 Å². The van der Waals surface area contributed by atoms with E-state index in [2.05, 4.69) is 58.1 Å². The van der Waals surface area contributed by atoms with Crippen LogP contribution < -0.4 is 15.8 Å². The van der Waals surface area contributed by atoms with Crippen LogP contribution in [0.15, 0.2) is 47.9 Å². The van der Waals surface area contributed by atoms with Crippen LogP contribution in [0, 0.1) is 0 Å². The Hall–Kier alpha value is -2.60. The van der Waals surface area contributed by atoms with Gasteiger partial charge in [0.05, 0.1) is 17.4 Å². The van der Waals surface area contributed by atoms with E-state index in [9.17, 15) is 4.79 Å². The van der Waals surface area contributed by atoms with E-state index in [0.29, 0.717) is 12.1 Å². The first kappa shape index (κ1) is 19.2. The van der Waals surface area contributed by atoms with Crippen LogP contribution in [-0.4, -0.2) is 47.9 Å². The highest BCUT2D eigenvalue weighted by Crippen LogP contribution is 2.25. The van der Waals surface area contributed by atoms with Gasteiger partial charge in [-0.05, 0) is 18.7 Å². The van der Waals surface area contributed by atoms with Crippen molar-refractivity contribution in [3.63, 3.8) is 0 Å². The fourth-order valence-electron chi connectivity index (χ4n) is 3.46. The van der Waals surface area contributed by atoms with Crippen molar-refractivity contribution in [2.75, 3.05) is 43.4 Å². The van der Waals surface area contributed by atoms with Crippen molar-refractivity contribution in [2.45, 2.75) is 19.4 Å². The van der Waals surface area contributed by atoms with Gasteiger partial charge in [-0.1, -0.05) is 31.2 Å². The summed E-state index contributed by atoms with van der Waals surface area (Å²) in [6, 6.07) is 8.47. The molecule has 144 valence electrons. The van der Waals surface area contributed by atoms with Crippen LogP contribution >= 0.6 is 0 Å². The standard InChI is InChI=1S/C21H29N5O/c1-5-16(2)20-18(15-23-25(4)21(20)27)22-14-17-8-6-7-9-19(17)26-12-10-24(3)11-13-26/h5-9,15-16,22H,1,10-14H2,2-4H3/t16-/m1/s1. The molecule has 1 atom stereocenters. The van der Waals surface area contributed by atoms with Gasteiger partial charge in [-0.3, -0.25) is 4.79 Å². The second-order valence-corrected chi connectivity index (χ2v) is 7.20. The van der Waals surface area contributed by atoms with E-state index in [-0.39, 0.29) is 11.5 Å². The molecule has 1 N–H and O–H groups in total. The van der Waals surface area contributed by atoms with Gasteiger partial charge >= 0.3 is 0 Å². The van der Waals surface area contributed by atoms with Crippen molar-refractivity contribution < 1.29 is 0 Å². The first-order valence-corrected chi connectivity index (χ1v) is 9.45. The number of piperazine rings is 1. The summed E-state index contributed by atoms with van der Waals surface area (Å²) in [5, 5.41) is 7.62. The lowest BCUT2D eigenvalue weighted by atomic mass is 10.0. The predicted octanol–water partition coefficient (Wildman–Crippen LogP) is 2.43. The molecule has 0 amide bonds. The van der Waals surface area contributed by atoms with Crippen molar-refractivity contribution in [1.82, 2.24) is 14.7 Å². The monoisotopic (exact) mass is 367 g/mol. The predicted molar refractivity (Wildman–Crippen MR) is 112 cm³/mol. The number of aromatic nitrogens is 2. The average molecular weight is 367 g/mol. The number of likely N-dealkylation sites (N-methyl/N-ethyl adjacent to an activating group) is 1. The van der Waals surface area contributed by atoms with Crippen LogP contribution in [0.25, 0.3) is 0 Å². The first-order valence-electron chi connectivity index (χ1n) is 9.45. The van der Waals surface area contributed by atoms with Gasteiger partial charge in [0.1, 0.15) is 0 Å². The quantitative estimate of drug-likeness (QED) is 0.795. The van der Waals surface area contributed by atoms with E-state index < -0.39 is 0 Å². The molecule has 1 aliphatic heterocycles. The van der Waals surface area contributed by atoms with Crippen LogP contribution in [0.3, 0.4) is 0 Å². The molecular formula is C21H29N5O. The fraction of sp³-hybridized carbons (Fsp3) is 0.429. The number of allylic oxidation sites excluding steroid dienone is 1. The number of nitrogens with one attached hydrogen (secondary N) is 1. The molecule has 1 aromatic heterocycles. The highest BCUT2D eigenvalue weighted by atomic mass is 16.1. The van der Waals surface area contributed by atoms with Crippen molar-refractivity contribution in [3.8, 4) is 0 Å². The van der Waals surface area contributed by atoms with Gasteiger partial charge in [0, 0.05) is 51.4 Å². The van der Waals surface area contributed by atoms with Gasteiger partial charge in [0.25, 0.3) is 5.56 Å². The molecule has 0 unspecified atom stereocenters. The van der Waals surface area contributed by atoms with E-state index in [0.717, 1.165) is 31.9 Å². The molecule has 2 aromatic rings. The number of nitrogens with zero attached hydrogens (tertiary/aromatic N) is 4. The lowest BCUT2D eigenvalue weighted by Gasteiger charge is -2.35. The smallest absolute Gasteiger partial charge is 0.272 e. The Morgan fingerprint density at radius 2 is 1.93 bits per heavy atom. The number of benzene rings is 1. The molecule has 0 radical (unpaired) electrons. The third-order valence-electron chi connectivity index (χ3n) is 5.29.